The van der Waals surface area contributed by atoms with Crippen LogP contribution < -0.4 is 5.32 Å². The Labute approximate surface area is 134 Å². The molecule has 0 amide bonds. The molecule has 0 radical (unpaired) electrons. The number of hydrogen-bond donors (Lipinski definition) is 1. The lowest BCUT2D eigenvalue weighted by molar-refractivity contribution is 0.308. The second-order valence-electron chi connectivity index (χ2n) is 5.58. The van der Waals surface area contributed by atoms with E-state index < -0.39 is 0 Å². The molecular formula is C19H28N2O. The highest BCUT2D eigenvalue weighted by Gasteiger charge is 2.00. The first-order valence-corrected chi connectivity index (χ1v) is 8.39. The Morgan fingerprint density at radius 3 is 2.41 bits per heavy atom. The van der Waals surface area contributed by atoms with Crippen molar-refractivity contribution in [1.29, 1.82) is 0 Å². The quantitative estimate of drug-likeness (QED) is 0.666. The highest BCUT2D eigenvalue weighted by molar-refractivity contribution is 5.44. The van der Waals surface area contributed by atoms with Crippen LogP contribution in [0.2, 0.25) is 0 Å². The van der Waals surface area contributed by atoms with Crippen molar-refractivity contribution in [2.45, 2.75) is 33.1 Å². The number of furan rings is 1. The van der Waals surface area contributed by atoms with Crippen molar-refractivity contribution in [2.24, 2.45) is 0 Å². The first-order chi connectivity index (χ1) is 10.8. The van der Waals surface area contributed by atoms with E-state index in [2.05, 4.69) is 48.3 Å². The standard InChI is InChI=1S/C19H28N2O/c1-3-21(4-2)15-13-17-9-11-18(12-10-17)20-14-5-7-19-8-6-16-22-19/h6,8-12,16,20H,3-5,7,13-15H2,1-2H3. The number of nitrogens with zero attached hydrogens (tertiary/aromatic N) is 1. The predicted octanol–water partition coefficient (Wildman–Crippen LogP) is 4.21. The molecular weight excluding hydrogens is 272 g/mol. The molecule has 0 saturated carbocycles. The van der Waals surface area contributed by atoms with E-state index in [4.69, 9.17) is 4.42 Å². The Bertz CT molecular complexity index is 501. The number of hydrogen-bond acceptors (Lipinski definition) is 3. The van der Waals surface area contributed by atoms with E-state index in [-0.39, 0.29) is 0 Å². The molecule has 0 spiro atoms. The minimum absolute atomic E-state index is 0.972. The molecule has 0 fully saturated rings. The number of benzene rings is 1. The van der Waals surface area contributed by atoms with Crippen LogP contribution in [0.1, 0.15) is 31.6 Å². The molecule has 0 saturated heterocycles. The smallest absolute Gasteiger partial charge is 0.103 e. The molecule has 0 atom stereocenters. The molecule has 0 aliphatic carbocycles. The van der Waals surface area contributed by atoms with Gasteiger partial charge in [0.2, 0.25) is 0 Å². The maximum Gasteiger partial charge on any atom is 0.103 e. The maximum atomic E-state index is 5.33. The Morgan fingerprint density at radius 1 is 1.00 bits per heavy atom. The molecule has 120 valence electrons. The zero-order valence-electron chi connectivity index (χ0n) is 13.8. The molecule has 2 rings (SSSR count). The van der Waals surface area contributed by atoms with Gasteiger partial charge in [0.15, 0.2) is 0 Å². The summed E-state index contributed by atoms with van der Waals surface area (Å²) < 4.78 is 5.33. The van der Waals surface area contributed by atoms with Crippen molar-refractivity contribution in [1.82, 2.24) is 4.90 Å². The molecule has 22 heavy (non-hydrogen) atoms. The highest BCUT2D eigenvalue weighted by Crippen LogP contribution is 2.11. The van der Waals surface area contributed by atoms with Gasteiger partial charge >= 0.3 is 0 Å². The van der Waals surface area contributed by atoms with Crippen LogP contribution >= 0.6 is 0 Å². The Kier molecular flexibility index (Phi) is 7.04. The third-order valence-corrected chi connectivity index (χ3v) is 4.07. The summed E-state index contributed by atoms with van der Waals surface area (Å²) in [5.41, 5.74) is 2.61. The summed E-state index contributed by atoms with van der Waals surface area (Å²) in [5, 5.41) is 3.47. The fourth-order valence-electron chi connectivity index (χ4n) is 2.57. The topological polar surface area (TPSA) is 28.4 Å². The van der Waals surface area contributed by atoms with Crippen LogP contribution in [0.3, 0.4) is 0 Å². The molecule has 0 aliphatic rings. The van der Waals surface area contributed by atoms with Gasteiger partial charge < -0.3 is 14.6 Å². The average molecular weight is 300 g/mol. The minimum Gasteiger partial charge on any atom is -0.469 e. The summed E-state index contributed by atoms with van der Waals surface area (Å²) in [7, 11) is 0. The number of anilines is 1. The molecule has 2 aromatic rings. The van der Waals surface area contributed by atoms with Crippen molar-refractivity contribution < 1.29 is 4.42 Å². The van der Waals surface area contributed by atoms with E-state index in [1.54, 1.807) is 6.26 Å². The average Bonchev–Trinajstić information content (AvgIpc) is 3.07. The van der Waals surface area contributed by atoms with E-state index in [0.717, 1.165) is 51.2 Å². The summed E-state index contributed by atoms with van der Waals surface area (Å²) >= 11 is 0. The molecule has 0 unspecified atom stereocenters. The van der Waals surface area contributed by atoms with E-state index in [0.29, 0.717) is 0 Å². The van der Waals surface area contributed by atoms with Crippen LogP contribution in [-0.4, -0.2) is 31.1 Å². The zero-order chi connectivity index (χ0) is 15.6. The van der Waals surface area contributed by atoms with Crippen LogP contribution in [-0.2, 0) is 12.8 Å². The van der Waals surface area contributed by atoms with Crippen molar-refractivity contribution in [3.63, 3.8) is 0 Å². The monoisotopic (exact) mass is 300 g/mol. The molecule has 1 heterocycles. The van der Waals surface area contributed by atoms with E-state index >= 15 is 0 Å². The molecule has 1 aromatic carbocycles. The molecule has 1 N–H and O–H groups in total. The normalized spacial score (nSPS) is 11.0. The number of likely N-dealkylation sites (N-methyl/N-ethyl adjacent to an activating group) is 1. The van der Waals surface area contributed by atoms with Gasteiger partial charge in [-0.2, -0.15) is 0 Å². The van der Waals surface area contributed by atoms with Crippen LogP contribution in [0.4, 0.5) is 5.69 Å². The van der Waals surface area contributed by atoms with Gasteiger partial charge in [0.25, 0.3) is 0 Å². The fourth-order valence-corrected chi connectivity index (χ4v) is 2.57. The fraction of sp³-hybridized carbons (Fsp3) is 0.474. The number of aryl methyl sites for hydroxylation is 1. The first-order valence-electron chi connectivity index (χ1n) is 8.39. The van der Waals surface area contributed by atoms with Crippen LogP contribution in [0.5, 0.6) is 0 Å². The largest absolute Gasteiger partial charge is 0.469 e. The van der Waals surface area contributed by atoms with Crippen LogP contribution in [0, 0.1) is 0 Å². The maximum absolute atomic E-state index is 5.33. The highest BCUT2D eigenvalue weighted by atomic mass is 16.3. The minimum atomic E-state index is 0.972. The summed E-state index contributed by atoms with van der Waals surface area (Å²) in [6.45, 7) is 8.82. The lowest BCUT2D eigenvalue weighted by Gasteiger charge is -2.17. The molecule has 0 aliphatic heterocycles. The van der Waals surface area contributed by atoms with Gasteiger partial charge in [-0.3, -0.25) is 0 Å². The van der Waals surface area contributed by atoms with Crippen molar-refractivity contribution in [3.8, 4) is 0 Å². The molecule has 0 bridgehead atoms. The van der Waals surface area contributed by atoms with Gasteiger partial charge in [0.05, 0.1) is 6.26 Å². The lowest BCUT2D eigenvalue weighted by Crippen LogP contribution is -2.25. The Hall–Kier alpha value is -1.74. The van der Waals surface area contributed by atoms with E-state index in [1.165, 1.54) is 11.3 Å². The molecule has 3 heteroatoms. The third kappa shape index (κ3) is 5.57. The zero-order valence-corrected chi connectivity index (χ0v) is 13.8. The van der Waals surface area contributed by atoms with E-state index in [9.17, 15) is 0 Å². The third-order valence-electron chi connectivity index (χ3n) is 4.07. The summed E-state index contributed by atoms with van der Waals surface area (Å²) in [6.07, 6.45) is 4.93. The summed E-state index contributed by atoms with van der Waals surface area (Å²) in [5.74, 6) is 1.06. The molecule has 3 nitrogen and oxygen atoms in total. The van der Waals surface area contributed by atoms with Gasteiger partial charge in [-0.1, -0.05) is 26.0 Å². The van der Waals surface area contributed by atoms with Crippen LogP contribution in [0.25, 0.3) is 0 Å². The van der Waals surface area contributed by atoms with Gasteiger partial charge in [0.1, 0.15) is 5.76 Å². The van der Waals surface area contributed by atoms with E-state index in [1.807, 2.05) is 12.1 Å². The Morgan fingerprint density at radius 2 is 1.77 bits per heavy atom. The second-order valence-corrected chi connectivity index (χ2v) is 5.58. The number of rotatable bonds is 10. The summed E-state index contributed by atoms with van der Waals surface area (Å²) in [6, 6.07) is 12.8. The van der Waals surface area contributed by atoms with Gasteiger partial charge in [-0.15, -0.1) is 0 Å². The van der Waals surface area contributed by atoms with Crippen molar-refractivity contribution in [2.75, 3.05) is 31.5 Å². The number of nitrogens with one attached hydrogen (secondary N) is 1. The predicted molar refractivity (Wildman–Crippen MR) is 93.5 cm³/mol. The van der Waals surface area contributed by atoms with Crippen LogP contribution in [0.15, 0.2) is 47.1 Å². The molecule has 1 aromatic heterocycles. The Balaban J connectivity index is 1.67. The second kappa shape index (κ2) is 9.31. The van der Waals surface area contributed by atoms with Crippen molar-refractivity contribution >= 4 is 5.69 Å². The van der Waals surface area contributed by atoms with Gasteiger partial charge in [0, 0.05) is 25.2 Å². The summed E-state index contributed by atoms with van der Waals surface area (Å²) in [4.78, 5) is 2.46. The van der Waals surface area contributed by atoms with Gasteiger partial charge in [-0.25, -0.2) is 0 Å². The lowest BCUT2D eigenvalue weighted by atomic mass is 10.1. The SMILES string of the molecule is CCN(CC)CCc1ccc(NCCCc2ccco2)cc1. The van der Waals surface area contributed by atoms with Crippen molar-refractivity contribution in [3.05, 3.63) is 54.0 Å². The first kappa shape index (κ1) is 16.6. The van der Waals surface area contributed by atoms with Gasteiger partial charge in [-0.05, 0) is 55.8 Å².